The van der Waals surface area contributed by atoms with Gasteiger partial charge in [-0.1, -0.05) is 24.9 Å². The van der Waals surface area contributed by atoms with Gasteiger partial charge in [0.2, 0.25) is 10.0 Å². The number of carbonyl (C=O) groups is 1. The fourth-order valence-corrected chi connectivity index (χ4v) is 5.54. The summed E-state index contributed by atoms with van der Waals surface area (Å²) in [6.07, 6.45) is 2.77. The summed E-state index contributed by atoms with van der Waals surface area (Å²) in [5.74, 6) is -1.02. The number of aromatic nitrogens is 1. The average molecular weight is 490 g/mol. The molecule has 33 heavy (non-hydrogen) atoms. The Morgan fingerprint density at radius 1 is 1.21 bits per heavy atom. The quantitative estimate of drug-likeness (QED) is 0.509. The third-order valence-electron chi connectivity index (χ3n) is 5.51. The van der Waals surface area contributed by atoms with Gasteiger partial charge in [-0.3, -0.25) is 4.98 Å². The monoisotopic (exact) mass is 489 g/mol. The van der Waals surface area contributed by atoms with E-state index in [1.54, 1.807) is 30.3 Å². The first-order valence-corrected chi connectivity index (χ1v) is 12.4. The number of aromatic carboxylic acids is 1. The Hall–Kier alpha value is -2.72. The van der Waals surface area contributed by atoms with Crippen LogP contribution in [0.2, 0.25) is 5.02 Å². The van der Waals surface area contributed by atoms with Gasteiger partial charge in [0.25, 0.3) is 0 Å². The predicted octanol–water partition coefficient (Wildman–Crippen LogP) is 4.30. The van der Waals surface area contributed by atoms with Crippen molar-refractivity contribution < 1.29 is 23.1 Å². The summed E-state index contributed by atoms with van der Waals surface area (Å²) in [6.45, 7) is 3.15. The highest BCUT2D eigenvalue weighted by Gasteiger charge is 2.30. The van der Waals surface area contributed by atoms with Gasteiger partial charge >= 0.3 is 5.97 Å². The first-order chi connectivity index (χ1) is 15.8. The molecule has 1 saturated heterocycles. The molecule has 1 fully saturated rings. The standard InChI is InChI=1S/C23H24ClN3O5S/c1-2-3-15-12-16(23(28)29)4-6-19(15)26-22-18-13-17(24)5-7-20(18)25-14-21(22)33(30,31)27-8-10-32-11-9-27/h4-7,12-14H,2-3,8-11H2,1H3,(H,25,26)(H,28,29). The van der Waals surface area contributed by atoms with E-state index in [4.69, 9.17) is 16.3 Å². The van der Waals surface area contributed by atoms with Gasteiger partial charge in [-0.05, 0) is 48.4 Å². The number of ether oxygens (including phenoxy) is 1. The van der Waals surface area contributed by atoms with E-state index in [1.807, 2.05) is 6.92 Å². The second-order valence-electron chi connectivity index (χ2n) is 7.73. The molecule has 2 heterocycles. The summed E-state index contributed by atoms with van der Waals surface area (Å²) in [6, 6.07) is 9.87. The number of pyridine rings is 1. The molecule has 0 atom stereocenters. The van der Waals surface area contributed by atoms with Crippen molar-refractivity contribution in [1.82, 2.24) is 9.29 Å². The predicted molar refractivity (Wildman–Crippen MR) is 127 cm³/mol. The van der Waals surface area contributed by atoms with Crippen LogP contribution in [0.1, 0.15) is 29.3 Å². The molecule has 1 aromatic heterocycles. The Labute approximate surface area is 197 Å². The molecule has 3 aromatic rings. The molecule has 2 N–H and O–H groups in total. The molecule has 4 rings (SSSR count). The molecule has 2 aromatic carbocycles. The zero-order valence-corrected chi connectivity index (χ0v) is 19.6. The Bertz CT molecular complexity index is 1310. The van der Waals surface area contributed by atoms with Gasteiger partial charge in [0.15, 0.2) is 0 Å². The van der Waals surface area contributed by atoms with Crippen LogP contribution in [0.25, 0.3) is 10.9 Å². The van der Waals surface area contributed by atoms with Crippen LogP contribution in [-0.2, 0) is 21.2 Å². The summed E-state index contributed by atoms with van der Waals surface area (Å²) >= 11 is 6.25. The van der Waals surface area contributed by atoms with Gasteiger partial charge in [0, 0.05) is 35.4 Å². The minimum Gasteiger partial charge on any atom is -0.478 e. The van der Waals surface area contributed by atoms with Crippen molar-refractivity contribution in [3.05, 3.63) is 58.7 Å². The van der Waals surface area contributed by atoms with Gasteiger partial charge in [-0.2, -0.15) is 4.31 Å². The molecule has 8 nitrogen and oxygen atoms in total. The molecule has 0 amide bonds. The second kappa shape index (κ2) is 9.64. The lowest BCUT2D eigenvalue weighted by atomic mass is 10.0. The summed E-state index contributed by atoms with van der Waals surface area (Å²) in [4.78, 5) is 15.9. The number of hydrogen-bond acceptors (Lipinski definition) is 6. The van der Waals surface area contributed by atoms with Crippen molar-refractivity contribution in [3.8, 4) is 0 Å². The topological polar surface area (TPSA) is 109 Å². The maximum Gasteiger partial charge on any atom is 0.335 e. The van der Waals surface area contributed by atoms with E-state index in [-0.39, 0.29) is 23.5 Å². The van der Waals surface area contributed by atoms with Crippen molar-refractivity contribution in [1.29, 1.82) is 0 Å². The third kappa shape index (κ3) is 4.81. The molecule has 10 heteroatoms. The van der Waals surface area contributed by atoms with Crippen molar-refractivity contribution in [2.75, 3.05) is 31.6 Å². The zero-order chi connectivity index (χ0) is 23.6. The molecule has 174 valence electrons. The van der Waals surface area contributed by atoms with Gasteiger partial charge in [-0.25, -0.2) is 13.2 Å². The fraction of sp³-hybridized carbons (Fsp3) is 0.304. The van der Waals surface area contributed by atoms with Gasteiger partial charge in [0.1, 0.15) is 4.90 Å². The number of morpholine rings is 1. The lowest BCUT2D eigenvalue weighted by molar-refractivity contribution is 0.0696. The van der Waals surface area contributed by atoms with E-state index in [1.165, 1.54) is 16.6 Å². The summed E-state index contributed by atoms with van der Waals surface area (Å²) < 4.78 is 33.8. The van der Waals surface area contributed by atoms with Crippen LogP contribution in [0.15, 0.2) is 47.5 Å². The second-order valence-corrected chi connectivity index (χ2v) is 10.1. The van der Waals surface area contributed by atoms with E-state index in [2.05, 4.69) is 10.3 Å². The van der Waals surface area contributed by atoms with E-state index < -0.39 is 16.0 Å². The number of nitrogens with zero attached hydrogens (tertiary/aromatic N) is 2. The lowest BCUT2D eigenvalue weighted by Crippen LogP contribution is -2.40. The van der Waals surface area contributed by atoms with E-state index in [9.17, 15) is 18.3 Å². The number of anilines is 2. The molecule has 1 aliphatic rings. The number of rotatable bonds is 7. The number of carboxylic acid groups (broad SMARTS) is 1. The molecule has 0 saturated carbocycles. The number of fused-ring (bicyclic) bond motifs is 1. The fourth-order valence-electron chi connectivity index (χ4n) is 3.86. The van der Waals surface area contributed by atoms with Gasteiger partial charge in [0.05, 0.1) is 30.0 Å². The first kappa shape index (κ1) is 23.4. The number of carboxylic acids is 1. The highest BCUT2D eigenvalue weighted by Crippen LogP contribution is 2.36. The molecular weight excluding hydrogens is 466 g/mol. The van der Waals surface area contributed by atoms with E-state index >= 15 is 0 Å². The Morgan fingerprint density at radius 2 is 1.97 bits per heavy atom. The largest absolute Gasteiger partial charge is 0.478 e. The number of aryl methyl sites for hydroxylation is 1. The molecule has 1 aliphatic heterocycles. The Balaban J connectivity index is 1.89. The summed E-state index contributed by atoms with van der Waals surface area (Å²) in [7, 11) is -3.87. The number of sulfonamides is 1. The number of nitrogens with one attached hydrogen (secondary N) is 1. The van der Waals surface area contributed by atoms with Crippen LogP contribution in [0.5, 0.6) is 0 Å². The third-order valence-corrected chi connectivity index (χ3v) is 7.66. The van der Waals surface area contributed by atoms with Crippen molar-refractivity contribution in [2.24, 2.45) is 0 Å². The van der Waals surface area contributed by atoms with Crippen LogP contribution in [0.4, 0.5) is 11.4 Å². The van der Waals surface area contributed by atoms with E-state index in [0.29, 0.717) is 46.9 Å². The summed E-state index contributed by atoms with van der Waals surface area (Å²) in [5.41, 5.74) is 2.52. The maximum absolute atomic E-state index is 13.6. The van der Waals surface area contributed by atoms with Crippen molar-refractivity contribution in [2.45, 2.75) is 24.7 Å². The van der Waals surface area contributed by atoms with Crippen LogP contribution in [0.3, 0.4) is 0 Å². The normalized spacial score (nSPS) is 15.0. The molecule has 0 bridgehead atoms. The smallest absolute Gasteiger partial charge is 0.335 e. The van der Waals surface area contributed by atoms with Gasteiger partial charge in [-0.15, -0.1) is 0 Å². The van der Waals surface area contributed by atoms with Crippen molar-refractivity contribution in [3.63, 3.8) is 0 Å². The maximum atomic E-state index is 13.6. The number of benzene rings is 2. The van der Waals surface area contributed by atoms with Gasteiger partial charge < -0.3 is 15.2 Å². The first-order valence-electron chi connectivity index (χ1n) is 10.6. The molecule has 0 radical (unpaired) electrons. The number of hydrogen-bond donors (Lipinski definition) is 2. The lowest BCUT2D eigenvalue weighted by Gasteiger charge is -2.27. The SMILES string of the molecule is CCCc1cc(C(=O)O)ccc1Nc1c(S(=O)(=O)N2CCOCC2)cnc2ccc(Cl)cc12. The molecule has 0 spiro atoms. The Morgan fingerprint density at radius 3 is 2.67 bits per heavy atom. The Kier molecular flexibility index (Phi) is 6.85. The molecule has 0 aliphatic carbocycles. The molecule has 0 unspecified atom stereocenters. The van der Waals surface area contributed by atoms with Crippen molar-refractivity contribution >= 4 is 49.9 Å². The number of halogens is 1. The zero-order valence-electron chi connectivity index (χ0n) is 18.0. The highest BCUT2D eigenvalue weighted by atomic mass is 35.5. The van der Waals surface area contributed by atoms with E-state index in [0.717, 1.165) is 12.0 Å². The summed E-state index contributed by atoms with van der Waals surface area (Å²) in [5, 5.41) is 13.7. The van der Waals surface area contributed by atoms with Crippen LogP contribution in [0, 0.1) is 0 Å². The van der Waals surface area contributed by atoms with Crippen LogP contribution in [-0.4, -0.2) is 55.1 Å². The molecular formula is C23H24ClN3O5S. The average Bonchev–Trinajstić information content (AvgIpc) is 2.81. The minimum atomic E-state index is -3.87. The van der Waals surface area contributed by atoms with Crippen LogP contribution >= 0.6 is 11.6 Å². The van der Waals surface area contributed by atoms with Crippen LogP contribution < -0.4 is 5.32 Å². The minimum absolute atomic E-state index is 0.0314. The highest BCUT2D eigenvalue weighted by molar-refractivity contribution is 7.89.